The van der Waals surface area contributed by atoms with Crippen molar-refractivity contribution >= 4 is 22.5 Å². The number of nitrogens with one attached hydrogen (secondary N) is 2. The molecule has 0 aliphatic rings. The average molecular weight is 337 g/mol. The third-order valence-corrected chi connectivity index (χ3v) is 4.07. The second kappa shape index (κ2) is 7.85. The van der Waals surface area contributed by atoms with Crippen molar-refractivity contribution in [2.24, 2.45) is 5.73 Å². The number of benzene rings is 2. The van der Waals surface area contributed by atoms with E-state index in [2.05, 4.69) is 35.4 Å². The van der Waals surface area contributed by atoms with Crippen molar-refractivity contribution in [1.82, 2.24) is 4.98 Å². The number of aromatic nitrogens is 1. The number of aromatic amines is 1. The van der Waals surface area contributed by atoms with E-state index < -0.39 is 0 Å². The van der Waals surface area contributed by atoms with Gasteiger partial charge in [-0.2, -0.15) is 0 Å². The Labute approximate surface area is 147 Å². The largest absolute Gasteiger partial charge is 0.492 e. The Kier molecular flexibility index (Phi) is 5.36. The number of nitrogens with two attached hydrogens (primary N) is 1. The normalized spacial score (nSPS) is 10.8. The van der Waals surface area contributed by atoms with Gasteiger partial charge in [0.1, 0.15) is 12.4 Å². The molecule has 4 N–H and O–H groups in total. The minimum atomic E-state index is -0.00219. The fourth-order valence-corrected chi connectivity index (χ4v) is 2.78. The Balaban J connectivity index is 1.56. The van der Waals surface area contributed by atoms with Gasteiger partial charge in [0.15, 0.2) is 0 Å². The molecule has 0 aliphatic carbocycles. The maximum Gasteiger partial charge on any atom is 0.224 e. The van der Waals surface area contributed by atoms with Crippen LogP contribution in [0.2, 0.25) is 0 Å². The lowest BCUT2D eigenvalue weighted by Crippen LogP contribution is -2.12. The second-order valence-electron chi connectivity index (χ2n) is 6.07. The highest BCUT2D eigenvalue weighted by molar-refractivity contribution is 5.91. The highest BCUT2D eigenvalue weighted by Crippen LogP contribution is 2.21. The molecule has 1 heterocycles. The molecule has 5 nitrogen and oxygen atoms in total. The van der Waals surface area contributed by atoms with E-state index in [0.29, 0.717) is 26.0 Å². The molecule has 130 valence electrons. The van der Waals surface area contributed by atoms with Crippen LogP contribution in [0.15, 0.2) is 48.7 Å². The summed E-state index contributed by atoms with van der Waals surface area (Å²) in [7, 11) is 0. The van der Waals surface area contributed by atoms with Crippen molar-refractivity contribution < 1.29 is 9.53 Å². The van der Waals surface area contributed by atoms with Gasteiger partial charge in [-0.05, 0) is 55.3 Å². The first-order valence-electron chi connectivity index (χ1n) is 8.45. The monoisotopic (exact) mass is 337 g/mol. The fourth-order valence-electron chi connectivity index (χ4n) is 2.78. The molecule has 5 heteroatoms. The molecule has 25 heavy (non-hydrogen) atoms. The van der Waals surface area contributed by atoms with E-state index in [4.69, 9.17) is 10.5 Å². The first kappa shape index (κ1) is 17.0. The van der Waals surface area contributed by atoms with Gasteiger partial charge < -0.3 is 20.8 Å². The zero-order valence-electron chi connectivity index (χ0n) is 14.3. The standard InChI is InChI=1S/C20H23N3O2/c1-14-2-8-19-18(12-14)15(13-22-19)3-9-20(24)23-16-4-6-17(7-5-16)25-11-10-21/h2,4-8,12-13,22H,3,9-11,21H2,1H3,(H,23,24). The lowest BCUT2D eigenvalue weighted by Gasteiger charge is -2.07. The molecule has 0 atom stereocenters. The molecule has 1 aromatic heterocycles. The third kappa shape index (κ3) is 4.39. The van der Waals surface area contributed by atoms with E-state index >= 15 is 0 Å². The van der Waals surface area contributed by atoms with Gasteiger partial charge in [0.25, 0.3) is 0 Å². The topological polar surface area (TPSA) is 80.1 Å². The molecule has 3 aromatic rings. The van der Waals surface area contributed by atoms with E-state index in [0.717, 1.165) is 17.0 Å². The van der Waals surface area contributed by atoms with Crippen LogP contribution in [0.3, 0.4) is 0 Å². The van der Waals surface area contributed by atoms with Crippen molar-refractivity contribution in [3.05, 3.63) is 59.8 Å². The van der Waals surface area contributed by atoms with Gasteiger partial charge in [-0.15, -0.1) is 0 Å². The van der Waals surface area contributed by atoms with Crippen LogP contribution in [0, 0.1) is 6.92 Å². The predicted molar refractivity (Wildman–Crippen MR) is 101 cm³/mol. The van der Waals surface area contributed by atoms with Crippen LogP contribution in [-0.4, -0.2) is 24.0 Å². The highest BCUT2D eigenvalue weighted by atomic mass is 16.5. The molecule has 0 radical (unpaired) electrons. The molecule has 0 saturated carbocycles. The number of rotatable bonds is 7. The lowest BCUT2D eigenvalue weighted by atomic mass is 10.1. The molecule has 0 spiro atoms. The predicted octanol–water partition coefficient (Wildman–Crippen LogP) is 3.39. The van der Waals surface area contributed by atoms with Gasteiger partial charge in [0.05, 0.1) is 0 Å². The van der Waals surface area contributed by atoms with Crippen molar-refractivity contribution in [2.45, 2.75) is 19.8 Å². The maximum atomic E-state index is 12.2. The third-order valence-electron chi connectivity index (χ3n) is 4.07. The second-order valence-corrected chi connectivity index (χ2v) is 6.07. The minimum Gasteiger partial charge on any atom is -0.492 e. The van der Waals surface area contributed by atoms with Crippen LogP contribution >= 0.6 is 0 Å². The molecule has 0 fully saturated rings. The summed E-state index contributed by atoms with van der Waals surface area (Å²) < 4.78 is 5.42. The summed E-state index contributed by atoms with van der Waals surface area (Å²) >= 11 is 0. The highest BCUT2D eigenvalue weighted by Gasteiger charge is 2.08. The van der Waals surface area contributed by atoms with Crippen LogP contribution in [-0.2, 0) is 11.2 Å². The van der Waals surface area contributed by atoms with Crippen molar-refractivity contribution in [3.8, 4) is 5.75 Å². The Hall–Kier alpha value is -2.79. The van der Waals surface area contributed by atoms with E-state index in [-0.39, 0.29) is 5.91 Å². The summed E-state index contributed by atoms with van der Waals surface area (Å²) in [5.41, 5.74) is 9.66. The number of carbonyl (C=O) groups excluding carboxylic acids is 1. The fraction of sp³-hybridized carbons (Fsp3) is 0.250. The number of hydrogen-bond acceptors (Lipinski definition) is 3. The number of H-pyrrole nitrogens is 1. The van der Waals surface area contributed by atoms with Crippen LogP contribution in [0.4, 0.5) is 5.69 Å². The average Bonchev–Trinajstić information content (AvgIpc) is 3.01. The van der Waals surface area contributed by atoms with E-state index in [9.17, 15) is 4.79 Å². The summed E-state index contributed by atoms with van der Waals surface area (Å²) in [4.78, 5) is 15.5. The Morgan fingerprint density at radius 1 is 1.20 bits per heavy atom. The minimum absolute atomic E-state index is 0.00219. The molecular formula is C20H23N3O2. The van der Waals surface area contributed by atoms with Crippen molar-refractivity contribution in [2.75, 3.05) is 18.5 Å². The summed E-state index contributed by atoms with van der Waals surface area (Å²) in [6, 6.07) is 13.6. The number of anilines is 1. The first-order valence-corrected chi connectivity index (χ1v) is 8.45. The SMILES string of the molecule is Cc1ccc2[nH]cc(CCC(=O)Nc3ccc(OCCN)cc3)c2c1. The van der Waals surface area contributed by atoms with Crippen molar-refractivity contribution in [3.63, 3.8) is 0 Å². The maximum absolute atomic E-state index is 12.2. The summed E-state index contributed by atoms with van der Waals surface area (Å²) in [6.45, 7) is 3.03. The summed E-state index contributed by atoms with van der Waals surface area (Å²) in [6.07, 6.45) is 3.13. The first-order chi connectivity index (χ1) is 12.2. The number of hydrogen-bond donors (Lipinski definition) is 3. The number of aryl methyl sites for hydroxylation is 2. The Morgan fingerprint density at radius 3 is 2.76 bits per heavy atom. The molecule has 2 aromatic carbocycles. The summed E-state index contributed by atoms with van der Waals surface area (Å²) in [5.74, 6) is 0.746. The van der Waals surface area contributed by atoms with Gasteiger partial charge in [-0.25, -0.2) is 0 Å². The van der Waals surface area contributed by atoms with Crippen LogP contribution in [0.25, 0.3) is 10.9 Å². The van der Waals surface area contributed by atoms with Gasteiger partial charge >= 0.3 is 0 Å². The lowest BCUT2D eigenvalue weighted by molar-refractivity contribution is -0.116. The Morgan fingerprint density at radius 2 is 2.00 bits per heavy atom. The molecule has 0 bridgehead atoms. The molecule has 0 saturated heterocycles. The van der Waals surface area contributed by atoms with Gasteiger partial charge in [-0.1, -0.05) is 11.6 Å². The van der Waals surface area contributed by atoms with E-state index in [1.165, 1.54) is 16.5 Å². The Bertz CT molecular complexity index is 853. The zero-order valence-corrected chi connectivity index (χ0v) is 14.3. The smallest absolute Gasteiger partial charge is 0.224 e. The summed E-state index contributed by atoms with van der Waals surface area (Å²) in [5, 5.41) is 4.11. The number of ether oxygens (including phenoxy) is 1. The molecule has 0 unspecified atom stereocenters. The molecular weight excluding hydrogens is 314 g/mol. The van der Waals surface area contributed by atoms with Gasteiger partial charge in [0.2, 0.25) is 5.91 Å². The van der Waals surface area contributed by atoms with Crippen molar-refractivity contribution in [1.29, 1.82) is 0 Å². The zero-order chi connectivity index (χ0) is 17.6. The number of carbonyl (C=O) groups is 1. The van der Waals surface area contributed by atoms with Gasteiger partial charge in [-0.3, -0.25) is 4.79 Å². The number of fused-ring (bicyclic) bond motifs is 1. The van der Waals surface area contributed by atoms with Crippen LogP contribution in [0.1, 0.15) is 17.5 Å². The molecule has 0 aliphatic heterocycles. The quantitative estimate of drug-likeness (QED) is 0.618. The molecule has 1 amide bonds. The van der Waals surface area contributed by atoms with Crippen LogP contribution < -0.4 is 15.8 Å². The van der Waals surface area contributed by atoms with E-state index in [1.807, 2.05) is 30.5 Å². The molecule has 3 rings (SSSR count). The number of amides is 1. The van der Waals surface area contributed by atoms with Gasteiger partial charge in [0, 0.05) is 35.8 Å². The van der Waals surface area contributed by atoms with E-state index in [1.54, 1.807) is 0 Å². The van der Waals surface area contributed by atoms with Crippen LogP contribution in [0.5, 0.6) is 5.75 Å².